The minimum Gasteiger partial charge on any atom is -0.361 e. The summed E-state index contributed by atoms with van der Waals surface area (Å²) in [6.07, 6.45) is 3.21. The number of benzene rings is 1. The fourth-order valence-electron chi connectivity index (χ4n) is 1.16. The second kappa shape index (κ2) is 4.70. The van der Waals surface area contributed by atoms with Crippen molar-refractivity contribution in [2.75, 3.05) is 0 Å². The average molecular weight is 177 g/mol. The molecule has 13 heavy (non-hydrogen) atoms. The SMILES string of the molecule is CCC.Cc1ccc2cc[nH]c2c1.[HH]. The molecular weight excluding hydrogens is 158 g/mol. The van der Waals surface area contributed by atoms with Gasteiger partial charge in [-0.25, -0.2) is 0 Å². The van der Waals surface area contributed by atoms with E-state index in [4.69, 9.17) is 0 Å². The van der Waals surface area contributed by atoms with Crippen LogP contribution in [0.5, 0.6) is 0 Å². The number of hydrogen-bond acceptors (Lipinski definition) is 0. The highest BCUT2D eigenvalue weighted by Gasteiger charge is 1.90. The van der Waals surface area contributed by atoms with Crippen LogP contribution in [0.25, 0.3) is 10.9 Å². The molecule has 0 aliphatic rings. The summed E-state index contributed by atoms with van der Waals surface area (Å²) in [4.78, 5) is 3.16. The van der Waals surface area contributed by atoms with E-state index in [2.05, 4.69) is 50.0 Å². The number of aromatic amines is 1. The molecule has 0 atom stereocenters. The van der Waals surface area contributed by atoms with Crippen LogP contribution < -0.4 is 0 Å². The molecule has 72 valence electrons. The predicted octanol–water partition coefficient (Wildman–Crippen LogP) is 4.14. The van der Waals surface area contributed by atoms with Crippen LogP contribution in [0, 0.1) is 6.92 Å². The van der Waals surface area contributed by atoms with Crippen LogP contribution in [0.3, 0.4) is 0 Å². The molecule has 0 saturated heterocycles. The van der Waals surface area contributed by atoms with Gasteiger partial charge in [-0.05, 0) is 30.0 Å². The zero-order valence-electron chi connectivity index (χ0n) is 8.59. The van der Waals surface area contributed by atoms with Crippen LogP contribution in [0.15, 0.2) is 30.5 Å². The maximum Gasteiger partial charge on any atom is 0.0456 e. The van der Waals surface area contributed by atoms with Crippen LogP contribution in [0.2, 0.25) is 0 Å². The van der Waals surface area contributed by atoms with Gasteiger partial charge in [0.25, 0.3) is 0 Å². The highest BCUT2D eigenvalue weighted by atomic mass is 14.7. The van der Waals surface area contributed by atoms with E-state index >= 15 is 0 Å². The van der Waals surface area contributed by atoms with Gasteiger partial charge < -0.3 is 4.98 Å². The number of fused-ring (bicyclic) bond motifs is 1. The fourth-order valence-corrected chi connectivity index (χ4v) is 1.16. The van der Waals surface area contributed by atoms with Crippen molar-refractivity contribution in [1.29, 1.82) is 0 Å². The minimum absolute atomic E-state index is 0. The van der Waals surface area contributed by atoms with Gasteiger partial charge in [0.05, 0.1) is 0 Å². The molecule has 1 nitrogen and oxygen atoms in total. The van der Waals surface area contributed by atoms with E-state index in [9.17, 15) is 0 Å². The molecule has 0 aliphatic heterocycles. The van der Waals surface area contributed by atoms with Gasteiger partial charge in [0.2, 0.25) is 0 Å². The van der Waals surface area contributed by atoms with Crippen LogP contribution >= 0.6 is 0 Å². The lowest BCUT2D eigenvalue weighted by atomic mass is 10.2. The minimum atomic E-state index is 0. The van der Waals surface area contributed by atoms with Crippen molar-refractivity contribution in [3.63, 3.8) is 0 Å². The standard InChI is InChI=1S/C9H9N.C3H8.H2/c1-7-2-3-8-4-5-10-9(8)6-7;1-3-2;/h2-6,10H,1H3;3H2,1-2H3;1H. The first-order chi connectivity index (χ1) is 6.27. The molecular formula is C12H19N. The Morgan fingerprint density at radius 2 is 1.92 bits per heavy atom. The molecule has 0 unspecified atom stereocenters. The summed E-state index contributed by atoms with van der Waals surface area (Å²) in [5.74, 6) is 0. The molecule has 0 aliphatic carbocycles. The molecule has 0 fully saturated rings. The van der Waals surface area contributed by atoms with Gasteiger partial charge in [-0.15, -0.1) is 0 Å². The summed E-state index contributed by atoms with van der Waals surface area (Å²) < 4.78 is 0. The molecule has 2 rings (SSSR count). The Labute approximate surface area is 81.3 Å². The van der Waals surface area contributed by atoms with E-state index in [0.29, 0.717) is 0 Å². The lowest BCUT2D eigenvalue weighted by Crippen LogP contribution is -1.70. The number of aromatic nitrogens is 1. The first-order valence-electron chi connectivity index (χ1n) is 4.81. The average Bonchev–Trinajstić information content (AvgIpc) is 2.52. The van der Waals surface area contributed by atoms with Gasteiger partial charge in [-0.1, -0.05) is 32.4 Å². The zero-order valence-corrected chi connectivity index (χ0v) is 8.59. The number of nitrogens with one attached hydrogen (secondary N) is 1. The van der Waals surface area contributed by atoms with Crippen LogP contribution in [0.1, 0.15) is 27.3 Å². The first-order valence-corrected chi connectivity index (χ1v) is 4.81. The van der Waals surface area contributed by atoms with Crippen molar-refractivity contribution in [2.24, 2.45) is 0 Å². The monoisotopic (exact) mass is 177 g/mol. The van der Waals surface area contributed by atoms with Crippen LogP contribution in [-0.2, 0) is 0 Å². The molecule has 1 aromatic heterocycles. The number of H-pyrrole nitrogens is 1. The summed E-state index contributed by atoms with van der Waals surface area (Å²) in [5.41, 5.74) is 2.52. The molecule has 2 aromatic rings. The highest BCUT2D eigenvalue weighted by molar-refractivity contribution is 5.79. The van der Waals surface area contributed by atoms with Crippen molar-refractivity contribution < 1.29 is 1.43 Å². The smallest absolute Gasteiger partial charge is 0.0456 e. The van der Waals surface area contributed by atoms with Crippen LogP contribution in [0.4, 0.5) is 0 Å². The maximum absolute atomic E-state index is 3.16. The number of hydrogen-bond donors (Lipinski definition) is 1. The summed E-state index contributed by atoms with van der Waals surface area (Å²) >= 11 is 0. The van der Waals surface area contributed by atoms with E-state index in [-0.39, 0.29) is 1.43 Å². The highest BCUT2D eigenvalue weighted by Crippen LogP contribution is 2.12. The van der Waals surface area contributed by atoms with Gasteiger partial charge in [0.1, 0.15) is 0 Å². The van der Waals surface area contributed by atoms with E-state index in [0.717, 1.165) is 0 Å². The summed E-state index contributed by atoms with van der Waals surface area (Å²) in [5, 5.41) is 1.28. The third-order valence-electron chi connectivity index (χ3n) is 1.71. The van der Waals surface area contributed by atoms with Gasteiger partial charge >= 0.3 is 0 Å². The first kappa shape index (κ1) is 9.85. The van der Waals surface area contributed by atoms with E-state index in [1.54, 1.807) is 0 Å². The van der Waals surface area contributed by atoms with E-state index < -0.39 is 0 Å². The van der Waals surface area contributed by atoms with Gasteiger partial charge in [-0.2, -0.15) is 0 Å². The summed E-state index contributed by atoms with van der Waals surface area (Å²) in [7, 11) is 0. The Hall–Kier alpha value is -1.24. The Kier molecular flexibility index (Phi) is 3.56. The molecule has 1 heteroatoms. The summed E-state index contributed by atoms with van der Waals surface area (Å²) in [6.45, 7) is 6.35. The Bertz CT molecular complexity index is 365. The van der Waals surface area contributed by atoms with Crippen LogP contribution in [-0.4, -0.2) is 4.98 Å². The van der Waals surface area contributed by atoms with E-state index in [1.165, 1.54) is 22.9 Å². The molecule has 0 spiro atoms. The molecule has 1 heterocycles. The maximum atomic E-state index is 3.16. The molecule has 1 N–H and O–H groups in total. The molecule has 0 amide bonds. The van der Waals surface area contributed by atoms with Crippen molar-refractivity contribution in [2.45, 2.75) is 27.2 Å². The zero-order chi connectivity index (χ0) is 9.68. The summed E-state index contributed by atoms with van der Waals surface area (Å²) in [6, 6.07) is 8.47. The lowest BCUT2D eigenvalue weighted by molar-refractivity contribution is 1.09. The fraction of sp³-hybridized carbons (Fsp3) is 0.333. The largest absolute Gasteiger partial charge is 0.361 e. The molecule has 0 saturated carbocycles. The van der Waals surface area contributed by atoms with Gasteiger partial charge in [0.15, 0.2) is 0 Å². The number of aryl methyl sites for hydroxylation is 1. The Balaban J connectivity index is 0.000000381. The van der Waals surface area contributed by atoms with Gasteiger partial charge in [-0.3, -0.25) is 0 Å². The van der Waals surface area contributed by atoms with Gasteiger partial charge in [0, 0.05) is 13.1 Å². The van der Waals surface area contributed by atoms with Crippen molar-refractivity contribution in [3.8, 4) is 0 Å². The molecule has 0 radical (unpaired) electrons. The molecule has 1 aromatic carbocycles. The predicted molar refractivity (Wildman–Crippen MR) is 61.1 cm³/mol. The second-order valence-corrected chi connectivity index (χ2v) is 3.28. The van der Waals surface area contributed by atoms with Crippen molar-refractivity contribution >= 4 is 10.9 Å². The topological polar surface area (TPSA) is 15.8 Å². The third kappa shape index (κ3) is 2.62. The third-order valence-corrected chi connectivity index (χ3v) is 1.71. The second-order valence-electron chi connectivity index (χ2n) is 3.28. The Morgan fingerprint density at radius 1 is 1.23 bits per heavy atom. The normalized spacial score (nSPS) is 9.46. The lowest BCUT2D eigenvalue weighted by Gasteiger charge is -1.90. The van der Waals surface area contributed by atoms with E-state index in [1.807, 2.05) is 6.20 Å². The van der Waals surface area contributed by atoms with Crippen molar-refractivity contribution in [3.05, 3.63) is 36.0 Å². The number of rotatable bonds is 0. The Morgan fingerprint density at radius 3 is 2.62 bits per heavy atom. The van der Waals surface area contributed by atoms with Crippen molar-refractivity contribution in [1.82, 2.24) is 4.98 Å². The molecule has 0 bridgehead atoms. The quantitative estimate of drug-likeness (QED) is 0.622.